The van der Waals surface area contributed by atoms with Crippen LogP contribution in [0.3, 0.4) is 0 Å². The number of aromatic nitrogens is 3. The molecule has 1 aromatic heterocycles. The van der Waals surface area contributed by atoms with E-state index in [9.17, 15) is 4.79 Å². The first-order valence-corrected chi connectivity index (χ1v) is 13.3. The van der Waals surface area contributed by atoms with Gasteiger partial charge in [0, 0.05) is 16.7 Å². The van der Waals surface area contributed by atoms with Gasteiger partial charge in [-0.3, -0.25) is 4.79 Å². The largest absolute Gasteiger partial charge is 0.493 e. The third kappa shape index (κ3) is 8.23. The van der Waals surface area contributed by atoms with Gasteiger partial charge >= 0.3 is 5.97 Å². The summed E-state index contributed by atoms with van der Waals surface area (Å²) in [6.45, 7) is 5.20. The Balaban J connectivity index is 1.35. The van der Waals surface area contributed by atoms with Crippen molar-refractivity contribution in [1.82, 2.24) is 15.0 Å². The lowest BCUT2D eigenvalue weighted by Gasteiger charge is -2.10. The normalized spacial score (nSPS) is 10.9. The van der Waals surface area contributed by atoms with E-state index in [2.05, 4.69) is 13.8 Å². The van der Waals surface area contributed by atoms with Crippen molar-refractivity contribution >= 4 is 5.97 Å². The maximum Gasteiger partial charge on any atom is 0.309 e. The Kier molecular flexibility index (Phi) is 9.96. The molecule has 0 fully saturated rings. The molecule has 0 aliphatic heterocycles. The molecular weight excluding hydrogens is 474 g/mol. The highest BCUT2D eigenvalue weighted by Gasteiger charge is 2.12. The van der Waals surface area contributed by atoms with Crippen LogP contribution >= 0.6 is 0 Å². The van der Waals surface area contributed by atoms with Gasteiger partial charge < -0.3 is 9.47 Å². The summed E-state index contributed by atoms with van der Waals surface area (Å²) in [5.41, 5.74) is 2.71. The molecule has 0 aliphatic carbocycles. The molecule has 38 heavy (non-hydrogen) atoms. The first kappa shape index (κ1) is 27.0. The monoisotopic (exact) mass is 509 g/mol. The number of esters is 1. The molecule has 0 saturated carbocycles. The van der Waals surface area contributed by atoms with Crippen LogP contribution in [0.2, 0.25) is 0 Å². The molecule has 0 N–H and O–H groups in total. The fourth-order valence-electron chi connectivity index (χ4n) is 3.98. The number of carbonyl (C=O) groups is 1. The number of carbonyl (C=O) groups excluding carboxylic acids is 1. The molecule has 0 radical (unpaired) electrons. The molecule has 0 atom stereocenters. The Morgan fingerprint density at radius 1 is 0.658 bits per heavy atom. The number of hydrogen-bond donors (Lipinski definition) is 0. The van der Waals surface area contributed by atoms with Crippen molar-refractivity contribution < 1.29 is 14.3 Å². The standard InChI is InChI=1S/C32H35N3O3/c1-24(2)12-6-5-11-22-38-29(36)21-23-37-28-19-17-27(18-20-28)32-34-30(25-13-7-3-8-14-25)33-31(35-32)26-15-9-4-10-16-26/h3-4,7-10,13-20,24H,5-6,11-12,21-23H2,1-2H3. The van der Waals surface area contributed by atoms with E-state index in [1.54, 1.807) is 0 Å². The van der Waals surface area contributed by atoms with Gasteiger partial charge in [0.25, 0.3) is 0 Å². The number of unbranched alkanes of at least 4 members (excludes halogenated alkanes) is 2. The molecule has 0 amide bonds. The zero-order valence-electron chi connectivity index (χ0n) is 22.2. The van der Waals surface area contributed by atoms with Gasteiger partial charge in [-0.15, -0.1) is 0 Å². The summed E-state index contributed by atoms with van der Waals surface area (Å²) in [6, 6.07) is 27.3. The van der Waals surface area contributed by atoms with Crippen LogP contribution in [0.4, 0.5) is 0 Å². The van der Waals surface area contributed by atoms with Gasteiger partial charge in [0.2, 0.25) is 0 Å². The Labute approximate surface area is 225 Å². The minimum Gasteiger partial charge on any atom is -0.493 e. The summed E-state index contributed by atoms with van der Waals surface area (Å²) in [5, 5.41) is 0. The molecule has 0 saturated heterocycles. The molecule has 4 rings (SSSR count). The highest BCUT2D eigenvalue weighted by Crippen LogP contribution is 2.25. The fourth-order valence-corrected chi connectivity index (χ4v) is 3.98. The van der Waals surface area contributed by atoms with Crippen LogP contribution in [0.25, 0.3) is 34.2 Å². The molecule has 196 valence electrons. The number of rotatable bonds is 13. The average molecular weight is 510 g/mol. The SMILES string of the molecule is CC(C)CCCCCOC(=O)CCOc1ccc(-c2nc(-c3ccccc3)nc(-c3ccccc3)n2)cc1. The Morgan fingerprint density at radius 2 is 1.18 bits per heavy atom. The highest BCUT2D eigenvalue weighted by atomic mass is 16.5. The third-order valence-electron chi connectivity index (χ3n) is 6.08. The number of ether oxygens (including phenoxy) is 2. The van der Waals surface area contributed by atoms with Crippen molar-refractivity contribution in [2.45, 2.75) is 46.0 Å². The van der Waals surface area contributed by atoms with E-state index in [1.165, 1.54) is 12.8 Å². The molecule has 1 heterocycles. The average Bonchev–Trinajstić information content (AvgIpc) is 2.96. The van der Waals surface area contributed by atoms with Gasteiger partial charge in [0.15, 0.2) is 17.5 Å². The zero-order valence-corrected chi connectivity index (χ0v) is 22.2. The van der Waals surface area contributed by atoms with Crippen LogP contribution in [-0.4, -0.2) is 34.1 Å². The Hall–Kier alpha value is -4.06. The van der Waals surface area contributed by atoms with Crippen LogP contribution in [0.15, 0.2) is 84.9 Å². The summed E-state index contributed by atoms with van der Waals surface area (Å²) >= 11 is 0. The van der Waals surface area contributed by atoms with E-state index >= 15 is 0 Å². The van der Waals surface area contributed by atoms with E-state index < -0.39 is 0 Å². The number of hydrogen-bond acceptors (Lipinski definition) is 6. The fraction of sp³-hybridized carbons (Fsp3) is 0.312. The van der Waals surface area contributed by atoms with E-state index in [-0.39, 0.29) is 19.0 Å². The van der Waals surface area contributed by atoms with Crippen molar-refractivity contribution in [2.24, 2.45) is 5.92 Å². The maximum absolute atomic E-state index is 12.0. The van der Waals surface area contributed by atoms with E-state index in [0.717, 1.165) is 35.4 Å². The van der Waals surface area contributed by atoms with Crippen molar-refractivity contribution in [3.05, 3.63) is 84.9 Å². The Bertz CT molecular complexity index is 1220. The quantitative estimate of drug-likeness (QED) is 0.138. The van der Waals surface area contributed by atoms with Crippen molar-refractivity contribution in [3.63, 3.8) is 0 Å². The van der Waals surface area contributed by atoms with Crippen molar-refractivity contribution in [3.8, 4) is 39.9 Å². The first-order valence-electron chi connectivity index (χ1n) is 13.3. The van der Waals surface area contributed by atoms with E-state index in [4.69, 9.17) is 24.4 Å². The predicted molar refractivity (Wildman–Crippen MR) is 151 cm³/mol. The number of nitrogens with zero attached hydrogens (tertiary/aromatic N) is 3. The second-order valence-electron chi connectivity index (χ2n) is 9.62. The number of benzene rings is 3. The molecule has 0 spiro atoms. The smallest absolute Gasteiger partial charge is 0.309 e. The molecule has 4 aromatic rings. The minimum absolute atomic E-state index is 0.224. The molecule has 6 nitrogen and oxygen atoms in total. The lowest BCUT2D eigenvalue weighted by Crippen LogP contribution is -2.10. The van der Waals surface area contributed by atoms with E-state index in [1.807, 2.05) is 84.9 Å². The van der Waals surface area contributed by atoms with Gasteiger partial charge in [-0.1, -0.05) is 93.8 Å². The predicted octanol–water partition coefficient (Wildman–Crippen LogP) is 7.40. The van der Waals surface area contributed by atoms with Crippen LogP contribution in [0.5, 0.6) is 5.75 Å². The third-order valence-corrected chi connectivity index (χ3v) is 6.08. The lowest BCUT2D eigenvalue weighted by atomic mass is 10.1. The van der Waals surface area contributed by atoms with Gasteiger partial charge in [-0.25, -0.2) is 15.0 Å². The van der Waals surface area contributed by atoms with Gasteiger partial charge in [-0.2, -0.15) is 0 Å². The van der Waals surface area contributed by atoms with Crippen LogP contribution in [-0.2, 0) is 9.53 Å². The first-order chi connectivity index (χ1) is 18.6. The minimum atomic E-state index is -0.224. The highest BCUT2D eigenvalue weighted by molar-refractivity contribution is 5.69. The molecule has 0 aliphatic rings. The van der Waals surface area contributed by atoms with Crippen LogP contribution in [0, 0.1) is 5.92 Å². The maximum atomic E-state index is 12.0. The molecule has 6 heteroatoms. The van der Waals surface area contributed by atoms with Gasteiger partial charge in [0.05, 0.1) is 19.6 Å². The van der Waals surface area contributed by atoms with Crippen LogP contribution < -0.4 is 4.74 Å². The molecule has 3 aromatic carbocycles. The zero-order chi connectivity index (χ0) is 26.6. The topological polar surface area (TPSA) is 74.2 Å². The summed E-state index contributed by atoms with van der Waals surface area (Å²) in [7, 11) is 0. The van der Waals surface area contributed by atoms with E-state index in [0.29, 0.717) is 29.8 Å². The molecule has 0 unspecified atom stereocenters. The summed E-state index contributed by atoms with van der Waals surface area (Å²) in [4.78, 5) is 26.2. The summed E-state index contributed by atoms with van der Waals surface area (Å²) < 4.78 is 11.1. The molecular formula is C32H35N3O3. The van der Waals surface area contributed by atoms with Gasteiger partial charge in [-0.05, 0) is 36.6 Å². The van der Waals surface area contributed by atoms with Gasteiger partial charge in [0.1, 0.15) is 5.75 Å². The van der Waals surface area contributed by atoms with Crippen LogP contribution in [0.1, 0.15) is 46.0 Å². The second-order valence-corrected chi connectivity index (χ2v) is 9.62. The van der Waals surface area contributed by atoms with Crippen molar-refractivity contribution in [1.29, 1.82) is 0 Å². The lowest BCUT2D eigenvalue weighted by molar-refractivity contribution is -0.144. The summed E-state index contributed by atoms with van der Waals surface area (Å²) in [5.74, 6) is 3.00. The second kappa shape index (κ2) is 14.0. The Morgan fingerprint density at radius 3 is 1.71 bits per heavy atom. The summed E-state index contributed by atoms with van der Waals surface area (Å²) in [6.07, 6.45) is 4.63. The molecule has 0 bridgehead atoms. The van der Waals surface area contributed by atoms with Crippen molar-refractivity contribution in [2.75, 3.05) is 13.2 Å².